The van der Waals surface area contributed by atoms with Crippen LogP contribution in [0.5, 0.6) is 0 Å². The average molecular weight is 583 g/mol. The van der Waals surface area contributed by atoms with Crippen molar-refractivity contribution < 1.29 is 13.2 Å². The van der Waals surface area contributed by atoms with E-state index in [9.17, 15) is 13.2 Å². The molecule has 0 N–H and O–H groups in total. The van der Waals surface area contributed by atoms with Gasteiger partial charge in [-0.25, -0.2) is 0 Å². The maximum absolute atomic E-state index is 14.7. The molecule has 0 spiro atoms. The summed E-state index contributed by atoms with van der Waals surface area (Å²) >= 11 is 0. The molecule has 2 aromatic heterocycles. The first-order chi connectivity index (χ1) is 21.4. The van der Waals surface area contributed by atoms with Crippen LogP contribution in [-0.2, 0) is 0 Å². The van der Waals surface area contributed by atoms with Crippen LogP contribution in [0.25, 0.3) is 50.2 Å². The van der Waals surface area contributed by atoms with Crippen molar-refractivity contribution >= 4 is 38.8 Å². The Morgan fingerprint density at radius 2 is 1.05 bits per heavy atom. The molecule has 2 heterocycles. The van der Waals surface area contributed by atoms with Gasteiger partial charge in [0.15, 0.2) is 0 Å². The lowest BCUT2D eigenvalue weighted by Gasteiger charge is -2.23. The molecule has 0 saturated carbocycles. The smallest absolute Gasteiger partial charge is 0.313 e. The van der Waals surface area contributed by atoms with E-state index in [2.05, 4.69) is 52.5 Å². The molecule has 2 nitrogen and oxygen atoms in total. The second-order valence-electron chi connectivity index (χ2n) is 11.7. The summed E-state index contributed by atoms with van der Waals surface area (Å²) in [4.78, 5) is 0. The Hall–Kier alpha value is -5.03. The molecule has 44 heavy (non-hydrogen) atoms. The normalized spacial score (nSPS) is 15.7. The summed E-state index contributed by atoms with van der Waals surface area (Å²) in [6.45, 7) is 2.20. The first-order valence-electron chi connectivity index (χ1n) is 15.0. The molecule has 1 aliphatic carbocycles. The van der Waals surface area contributed by atoms with Gasteiger partial charge in [-0.3, -0.25) is 0 Å². The van der Waals surface area contributed by atoms with E-state index in [1.165, 1.54) is 11.3 Å². The van der Waals surface area contributed by atoms with E-state index in [1.807, 2.05) is 60.7 Å². The van der Waals surface area contributed by atoms with Crippen LogP contribution in [0.4, 0.5) is 13.2 Å². The average Bonchev–Trinajstić information content (AvgIpc) is 3.56. The zero-order valence-corrected chi connectivity index (χ0v) is 24.1. The number of para-hydroxylation sites is 3. The fraction of sp³-hybridized carbons (Fsp3) is 0.128. The highest BCUT2D eigenvalue weighted by Gasteiger charge is 2.42. The molecular formula is C39H29F3N2. The molecular weight excluding hydrogens is 553 g/mol. The van der Waals surface area contributed by atoms with Crippen LogP contribution in [0, 0.1) is 0 Å². The van der Waals surface area contributed by atoms with Gasteiger partial charge >= 0.3 is 6.18 Å². The third-order valence-electron chi connectivity index (χ3n) is 9.07. The van der Waals surface area contributed by atoms with Gasteiger partial charge in [-0.15, -0.1) is 0 Å². The van der Waals surface area contributed by atoms with Crippen molar-refractivity contribution in [2.45, 2.75) is 31.4 Å². The summed E-state index contributed by atoms with van der Waals surface area (Å²) in [6.07, 6.45) is 0.856. The predicted molar refractivity (Wildman–Crippen MR) is 174 cm³/mol. The fourth-order valence-electron chi connectivity index (χ4n) is 7.13. The van der Waals surface area contributed by atoms with E-state index in [0.29, 0.717) is 5.92 Å². The third kappa shape index (κ3) is 4.10. The summed E-state index contributed by atoms with van der Waals surface area (Å²) in [5.74, 6) is -1.43. The van der Waals surface area contributed by atoms with E-state index in [4.69, 9.17) is 0 Å². The molecule has 0 fully saturated rings. The maximum Gasteiger partial charge on any atom is 0.399 e. The SMILES string of the molecule is CC1CC=Cc2c1n(-c1ccc(C(c3ccc(-n4c5ccccc5c5ccccc54)cc3)C(F)(F)F)cc1)c1ccccc21. The topological polar surface area (TPSA) is 9.86 Å². The molecule has 0 aliphatic heterocycles. The number of halogens is 3. The first kappa shape index (κ1) is 26.6. The van der Waals surface area contributed by atoms with Crippen molar-refractivity contribution in [1.29, 1.82) is 0 Å². The number of allylic oxidation sites excluding steroid dienone is 1. The fourth-order valence-corrected chi connectivity index (χ4v) is 7.13. The highest BCUT2D eigenvalue weighted by molar-refractivity contribution is 6.09. The van der Waals surface area contributed by atoms with Crippen LogP contribution >= 0.6 is 0 Å². The van der Waals surface area contributed by atoms with Gasteiger partial charge in [-0.1, -0.05) is 97.9 Å². The van der Waals surface area contributed by atoms with Gasteiger partial charge in [0.05, 0.1) is 16.6 Å². The Kier molecular flexibility index (Phi) is 6.05. The molecule has 7 aromatic rings. The lowest BCUT2D eigenvalue weighted by atomic mass is 9.90. The Bertz CT molecular complexity index is 2140. The zero-order chi connectivity index (χ0) is 30.0. The highest BCUT2D eigenvalue weighted by atomic mass is 19.4. The molecule has 2 atom stereocenters. The minimum atomic E-state index is -4.45. The van der Waals surface area contributed by atoms with Crippen LogP contribution in [-0.4, -0.2) is 15.3 Å². The quantitative estimate of drug-likeness (QED) is 0.195. The number of benzene rings is 5. The second-order valence-corrected chi connectivity index (χ2v) is 11.7. The van der Waals surface area contributed by atoms with Crippen LogP contribution in [0.2, 0.25) is 0 Å². The van der Waals surface area contributed by atoms with Gasteiger partial charge in [0.2, 0.25) is 0 Å². The minimum Gasteiger partial charge on any atom is -0.313 e. The number of aromatic nitrogens is 2. The largest absolute Gasteiger partial charge is 0.399 e. The maximum atomic E-state index is 14.7. The highest BCUT2D eigenvalue weighted by Crippen LogP contribution is 2.43. The first-order valence-corrected chi connectivity index (χ1v) is 15.0. The predicted octanol–water partition coefficient (Wildman–Crippen LogP) is 10.9. The third-order valence-corrected chi connectivity index (χ3v) is 9.07. The van der Waals surface area contributed by atoms with Crippen molar-refractivity contribution in [2.75, 3.05) is 0 Å². The van der Waals surface area contributed by atoms with Crippen molar-refractivity contribution in [3.8, 4) is 11.4 Å². The summed E-state index contributed by atoms with van der Waals surface area (Å²) in [5.41, 5.74) is 7.65. The minimum absolute atomic E-state index is 0.220. The molecule has 0 radical (unpaired) electrons. The summed E-state index contributed by atoms with van der Waals surface area (Å²) in [5, 5.41) is 3.39. The molecule has 5 heteroatoms. The number of rotatable bonds is 4. The van der Waals surface area contributed by atoms with Crippen molar-refractivity contribution in [3.05, 3.63) is 150 Å². The van der Waals surface area contributed by atoms with Gasteiger partial charge in [0.1, 0.15) is 5.92 Å². The van der Waals surface area contributed by atoms with Crippen LogP contribution < -0.4 is 0 Å². The number of hydrogen-bond donors (Lipinski definition) is 0. The van der Waals surface area contributed by atoms with Gasteiger partial charge < -0.3 is 9.13 Å². The molecule has 0 bridgehead atoms. The molecule has 8 rings (SSSR count). The monoisotopic (exact) mass is 582 g/mol. The number of fused-ring (bicyclic) bond motifs is 6. The van der Waals surface area contributed by atoms with Gasteiger partial charge in [0, 0.05) is 44.7 Å². The van der Waals surface area contributed by atoms with Crippen molar-refractivity contribution in [3.63, 3.8) is 0 Å². The number of hydrogen-bond acceptors (Lipinski definition) is 0. The van der Waals surface area contributed by atoms with E-state index < -0.39 is 12.1 Å². The standard InChI is InChI=1S/C39H29F3N2/c1-25-9-8-13-33-32-12-4-7-16-36(32)44(38(25)33)29-23-19-27(20-24-29)37(39(40,41)42)26-17-21-28(22-18-26)43-34-14-5-2-10-30(34)31-11-3-6-15-35(31)43/h2-8,10-25,37H,9H2,1H3. The number of alkyl halides is 3. The molecule has 5 aromatic carbocycles. The van der Waals surface area contributed by atoms with Gasteiger partial charge in [-0.2, -0.15) is 13.2 Å². The molecule has 2 unspecified atom stereocenters. The van der Waals surface area contributed by atoms with E-state index in [0.717, 1.165) is 50.5 Å². The molecule has 0 amide bonds. The van der Waals surface area contributed by atoms with Crippen LogP contribution in [0.15, 0.2) is 127 Å². The Labute approximate surface area is 253 Å². The van der Waals surface area contributed by atoms with E-state index in [-0.39, 0.29) is 11.1 Å². The molecule has 0 saturated heterocycles. The Balaban J connectivity index is 1.20. The zero-order valence-electron chi connectivity index (χ0n) is 24.1. The van der Waals surface area contributed by atoms with Crippen molar-refractivity contribution in [2.24, 2.45) is 0 Å². The van der Waals surface area contributed by atoms with Gasteiger partial charge in [-0.05, 0) is 60.0 Å². The lowest BCUT2D eigenvalue weighted by Crippen LogP contribution is -2.22. The Morgan fingerprint density at radius 3 is 1.57 bits per heavy atom. The van der Waals surface area contributed by atoms with E-state index >= 15 is 0 Å². The lowest BCUT2D eigenvalue weighted by molar-refractivity contribution is -0.141. The number of nitrogens with zero attached hydrogens (tertiary/aromatic N) is 2. The van der Waals surface area contributed by atoms with Gasteiger partial charge in [0.25, 0.3) is 0 Å². The summed E-state index contributed by atoms with van der Waals surface area (Å²) in [7, 11) is 0. The van der Waals surface area contributed by atoms with E-state index in [1.54, 1.807) is 36.4 Å². The molecule has 216 valence electrons. The second kappa shape index (κ2) is 10.0. The Morgan fingerprint density at radius 1 is 0.591 bits per heavy atom. The summed E-state index contributed by atoms with van der Waals surface area (Å²) < 4.78 is 48.5. The summed E-state index contributed by atoms with van der Waals surface area (Å²) in [6, 6.07) is 38.3. The van der Waals surface area contributed by atoms with Crippen molar-refractivity contribution in [1.82, 2.24) is 9.13 Å². The van der Waals surface area contributed by atoms with Crippen LogP contribution in [0.3, 0.4) is 0 Å². The van der Waals surface area contributed by atoms with Crippen LogP contribution in [0.1, 0.15) is 47.6 Å². The molecule has 1 aliphatic rings.